The van der Waals surface area contributed by atoms with E-state index in [1.807, 2.05) is 0 Å². The van der Waals surface area contributed by atoms with Crippen LogP contribution in [0.4, 0.5) is 5.82 Å². The summed E-state index contributed by atoms with van der Waals surface area (Å²) in [5.74, 6) is 0.672. The van der Waals surface area contributed by atoms with E-state index in [2.05, 4.69) is 39.0 Å². The molecule has 2 rings (SSSR count). The summed E-state index contributed by atoms with van der Waals surface area (Å²) in [6.07, 6.45) is 3.06. The van der Waals surface area contributed by atoms with Crippen molar-refractivity contribution in [3.63, 3.8) is 0 Å². The average Bonchev–Trinajstić information content (AvgIpc) is 2.74. The molecule has 1 unspecified atom stereocenters. The number of nitrogens with zero attached hydrogens (tertiary/aromatic N) is 2. The molecule has 1 atom stereocenters. The van der Waals surface area contributed by atoms with Gasteiger partial charge in [0, 0.05) is 0 Å². The summed E-state index contributed by atoms with van der Waals surface area (Å²) in [6, 6.07) is 2.28. The molecule has 3 nitrogen and oxygen atoms in total. The maximum atomic E-state index is 5.94. The van der Waals surface area contributed by atoms with E-state index in [9.17, 15) is 0 Å². The summed E-state index contributed by atoms with van der Waals surface area (Å²) in [5.41, 5.74) is 1.23. The number of hydrogen-bond acceptors (Lipinski definition) is 4. The summed E-state index contributed by atoms with van der Waals surface area (Å²) < 4.78 is 0. The molecule has 0 spiro atoms. The standard InChI is InChI=1S/C10H10ClN3S/c1-7(8-2-3-15-5-8)14-10-9(11)4-12-6-13-10/h2-7H,1H3,(H,12,13,14). The third-order valence-electron chi connectivity index (χ3n) is 2.06. The number of aromatic nitrogens is 2. The number of thiophene rings is 1. The van der Waals surface area contributed by atoms with Gasteiger partial charge in [-0.2, -0.15) is 11.3 Å². The zero-order valence-corrected chi connectivity index (χ0v) is 9.72. The van der Waals surface area contributed by atoms with Gasteiger partial charge in [0.2, 0.25) is 0 Å². The van der Waals surface area contributed by atoms with Crippen LogP contribution in [0.2, 0.25) is 5.02 Å². The van der Waals surface area contributed by atoms with Crippen LogP contribution >= 0.6 is 22.9 Å². The topological polar surface area (TPSA) is 37.8 Å². The number of nitrogens with one attached hydrogen (secondary N) is 1. The van der Waals surface area contributed by atoms with Crippen molar-refractivity contribution in [2.24, 2.45) is 0 Å². The predicted octanol–water partition coefficient (Wildman–Crippen LogP) is 3.36. The molecule has 0 aliphatic heterocycles. The van der Waals surface area contributed by atoms with Gasteiger partial charge in [0.25, 0.3) is 0 Å². The lowest BCUT2D eigenvalue weighted by Crippen LogP contribution is -2.07. The largest absolute Gasteiger partial charge is 0.362 e. The van der Waals surface area contributed by atoms with Gasteiger partial charge in [0.05, 0.1) is 12.2 Å². The molecule has 0 aliphatic carbocycles. The lowest BCUT2D eigenvalue weighted by atomic mass is 10.2. The summed E-state index contributed by atoms with van der Waals surface area (Å²) >= 11 is 7.62. The van der Waals surface area contributed by atoms with Crippen LogP contribution in [-0.4, -0.2) is 9.97 Å². The van der Waals surface area contributed by atoms with Crippen molar-refractivity contribution in [2.45, 2.75) is 13.0 Å². The van der Waals surface area contributed by atoms with E-state index >= 15 is 0 Å². The van der Waals surface area contributed by atoms with Crippen molar-refractivity contribution in [3.05, 3.63) is 39.9 Å². The van der Waals surface area contributed by atoms with Crippen LogP contribution in [0.15, 0.2) is 29.4 Å². The van der Waals surface area contributed by atoms with Crippen molar-refractivity contribution < 1.29 is 0 Å². The van der Waals surface area contributed by atoms with Gasteiger partial charge >= 0.3 is 0 Å². The van der Waals surface area contributed by atoms with E-state index in [-0.39, 0.29) is 6.04 Å². The van der Waals surface area contributed by atoms with Crippen molar-refractivity contribution >= 4 is 28.8 Å². The Morgan fingerprint density at radius 3 is 3.07 bits per heavy atom. The molecule has 0 radical (unpaired) electrons. The van der Waals surface area contributed by atoms with Crippen molar-refractivity contribution in [1.29, 1.82) is 0 Å². The molecule has 0 fully saturated rings. The van der Waals surface area contributed by atoms with E-state index in [1.54, 1.807) is 17.5 Å². The van der Waals surface area contributed by atoms with E-state index in [4.69, 9.17) is 11.6 Å². The molecule has 2 aromatic rings. The van der Waals surface area contributed by atoms with Crippen LogP contribution in [0, 0.1) is 0 Å². The Morgan fingerprint density at radius 1 is 1.53 bits per heavy atom. The maximum Gasteiger partial charge on any atom is 0.148 e. The highest BCUT2D eigenvalue weighted by Crippen LogP contribution is 2.23. The van der Waals surface area contributed by atoms with E-state index in [0.29, 0.717) is 10.8 Å². The molecule has 78 valence electrons. The summed E-state index contributed by atoms with van der Waals surface area (Å²) in [5, 5.41) is 7.93. The Morgan fingerprint density at radius 2 is 2.40 bits per heavy atom. The minimum atomic E-state index is 0.198. The molecule has 0 bridgehead atoms. The molecular formula is C10H10ClN3S. The average molecular weight is 240 g/mol. The lowest BCUT2D eigenvalue weighted by Gasteiger charge is -2.13. The van der Waals surface area contributed by atoms with Gasteiger partial charge in [0.1, 0.15) is 17.2 Å². The molecule has 5 heteroatoms. The predicted molar refractivity (Wildman–Crippen MR) is 63.4 cm³/mol. The zero-order valence-electron chi connectivity index (χ0n) is 8.14. The highest BCUT2D eigenvalue weighted by atomic mass is 35.5. The van der Waals surface area contributed by atoms with E-state index in [0.717, 1.165) is 0 Å². The second kappa shape index (κ2) is 4.59. The fourth-order valence-corrected chi connectivity index (χ4v) is 2.14. The molecule has 0 amide bonds. The van der Waals surface area contributed by atoms with Gasteiger partial charge in [-0.25, -0.2) is 9.97 Å². The third kappa shape index (κ3) is 2.46. The number of halogens is 1. The molecule has 0 saturated heterocycles. The van der Waals surface area contributed by atoms with Crippen LogP contribution in [0.5, 0.6) is 0 Å². The van der Waals surface area contributed by atoms with Gasteiger partial charge in [-0.15, -0.1) is 0 Å². The smallest absolute Gasteiger partial charge is 0.148 e. The Labute approximate surface area is 97.2 Å². The van der Waals surface area contributed by atoms with Crippen LogP contribution in [0.25, 0.3) is 0 Å². The first-order chi connectivity index (χ1) is 7.27. The fourth-order valence-electron chi connectivity index (χ4n) is 1.23. The highest BCUT2D eigenvalue weighted by molar-refractivity contribution is 7.07. The minimum absolute atomic E-state index is 0.198. The minimum Gasteiger partial charge on any atom is -0.362 e. The van der Waals surface area contributed by atoms with Crippen LogP contribution < -0.4 is 5.32 Å². The Balaban J connectivity index is 2.13. The second-order valence-corrected chi connectivity index (χ2v) is 4.33. The normalized spacial score (nSPS) is 12.4. The Kier molecular flexibility index (Phi) is 3.18. The molecule has 0 saturated carbocycles. The van der Waals surface area contributed by atoms with Gasteiger partial charge in [-0.3, -0.25) is 0 Å². The van der Waals surface area contributed by atoms with Gasteiger partial charge in [0.15, 0.2) is 0 Å². The third-order valence-corrected chi connectivity index (χ3v) is 3.04. The fraction of sp³-hybridized carbons (Fsp3) is 0.200. The van der Waals surface area contributed by atoms with Crippen LogP contribution in [0.1, 0.15) is 18.5 Å². The lowest BCUT2D eigenvalue weighted by molar-refractivity contribution is 0.877. The zero-order chi connectivity index (χ0) is 10.7. The van der Waals surface area contributed by atoms with Gasteiger partial charge in [-0.1, -0.05) is 11.6 Å². The number of hydrogen-bond donors (Lipinski definition) is 1. The Hall–Kier alpha value is -1.13. The molecule has 0 aliphatic rings. The highest BCUT2D eigenvalue weighted by Gasteiger charge is 2.08. The molecule has 1 N–H and O–H groups in total. The van der Waals surface area contributed by atoms with Crippen molar-refractivity contribution in [3.8, 4) is 0 Å². The maximum absolute atomic E-state index is 5.94. The van der Waals surface area contributed by atoms with Gasteiger partial charge < -0.3 is 5.32 Å². The number of rotatable bonds is 3. The molecule has 0 aromatic carbocycles. The van der Waals surface area contributed by atoms with Crippen molar-refractivity contribution in [1.82, 2.24) is 9.97 Å². The monoisotopic (exact) mass is 239 g/mol. The second-order valence-electron chi connectivity index (χ2n) is 3.14. The quantitative estimate of drug-likeness (QED) is 0.893. The molecule has 2 heterocycles. The molecule has 15 heavy (non-hydrogen) atoms. The van der Waals surface area contributed by atoms with Crippen LogP contribution in [0.3, 0.4) is 0 Å². The molecular weight excluding hydrogens is 230 g/mol. The number of anilines is 1. The first-order valence-electron chi connectivity index (χ1n) is 4.51. The van der Waals surface area contributed by atoms with E-state index < -0.39 is 0 Å². The van der Waals surface area contributed by atoms with Gasteiger partial charge in [-0.05, 0) is 29.3 Å². The SMILES string of the molecule is CC(Nc1ncncc1Cl)c1ccsc1. The molecule has 2 aromatic heterocycles. The first kappa shape index (κ1) is 10.4. The summed E-state index contributed by atoms with van der Waals surface area (Å²) in [7, 11) is 0. The van der Waals surface area contributed by atoms with Crippen molar-refractivity contribution in [2.75, 3.05) is 5.32 Å². The summed E-state index contributed by atoms with van der Waals surface area (Å²) in [6.45, 7) is 2.07. The first-order valence-corrected chi connectivity index (χ1v) is 5.83. The van der Waals surface area contributed by atoms with Crippen LogP contribution in [-0.2, 0) is 0 Å². The van der Waals surface area contributed by atoms with E-state index in [1.165, 1.54) is 11.9 Å². The Bertz CT molecular complexity index is 430. The summed E-state index contributed by atoms with van der Waals surface area (Å²) in [4.78, 5) is 7.91.